The summed E-state index contributed by atoms with van der Waals surface area (Å²) < 4.78 is 7.60. The molecule has 0 fully saturated rings. The van der Waals surface area contributed by atoms with Crippen LogP contribution >= 0.6 is 12.2 Å². The number of anilines is 1. The number of nitrogens with one attached hydrogen (secondary N) is 1. The Morgan fingerprint density at radius 3 is 2.84 bits per heavy atom. The molecule has 0 radical (unpaired) electrons. The van der Waals surface area contributed by atoms with Crippen molar-refractivity contribution < 1.29 is 4.74 Å². The van der Waals surface area contributed by atoms with Crippen molar-refractivity contribution in [3.8, 4) is 5.75 Å². The molecule has 100 valence electrons. The van der Waals surface area contributed by atoms with Gasteiger partial charge in [-0.3, -0.25) is 4.68 Å². The summed E-state index contributed by atoms with van der Waals surface area (Å²) >= 11 is 4.84. The highest BCUT2D eigenvalue weighted by Crippen LogP contribution is 2.24. The second-order valence-electron chi connectivity index (χ2n) is 4.15. The molecule has 19 heavy (non-hydrogen) atoms. The average Bonchev–Trinajstić information content (AvgIpc) is 2.68. The van der Waals surface area contributed by atoms with E-state index in [-0.39, 0.29) is 5.11 Å². The molecule has 0 spiro atoms. The van der Waals surface area contributed by atoms with E-state index in [4.69, 9.17) is 22.7 Å². The third-order valence-corrected chi connectivity index (χ3v) is 2.97. The minimum Gasteiger partial charge on any atom is -0.487 e. The fourth-order valence-corrected chi connectivity index (χ4v) is 1.78. The monoisotopic (exact) mass is 276 g/mol. The highest BCUT2D eigenvalue weighted by Gasteiger charge is 2.07. The second-order valence-corrected chi connectivity index (χ2v) is 4.59. The predicted molar refractivity (Wildman–Crippen MR) is 79.1 cm³/mol. The Morgan fingerprint density at radius 1 is 1.47 bits per heavy atom. The number of rotatable bonds is 4. The largest absolute Gasteiger partial charge is 0.487 e. The van der Waals surface area contributed by atoms with Gasteiger partial charge >= 0.3 is 0 Å². The zero-order valence-electron chi connectivity index (χ0n) is 10.9. The van der Waals surface area contributed by atoms with Crippen LogP contribution in [0.3, 0.4) is 0 Å². The van der Waals surface area contributed by atoms with Gasteiger partial charge < -0.3 is 15.8 Å². The summed E-state index contributed by atoms with van der Waals surface area (Å²) in [5.74, 6) is 0.707. The molecule has 0 saturated heterocycles. The fraction of sp³-hybridized carbons (Fsp3) is 0.231. The third-order valence-electron chi connectivity index (χ3n) is 2.87. The van der Waals surface area contributed by atoms with Crippen LogP contribution < -0.4 is 15.8 Å². The van der Waals surface area contributed by atoms with Crippen molar-refractivity contribution in [2.45, 2.75) is 13.5 Å². The van der Waals surface area contributed by atoms with E-state index in [0.29, 0.717) is 12.4 Å². The zero-order chi connectivity index (χ0) is 13.8. The molecule has 3 N–H and O–H groups in total. The van der Waals surface area contributed by atoms with Crippen molar-refractivity contribution in [3.63, 3.8) is 0 Å². The first-order chi connectivity index (χ1) is 9.08. The Hall–Kier alpha value is -2.08. The molecule has 2 aromatic rings. The maximum atomic E-state index is 5.79. The Balaban J connectivity index is 2.11. The number of thiocarbonyl (C=S) groups is 1. The third kappa shape index (κ3) is 3.23. The van der Waals surface area contributed by atoms with E-state index in [9.17, 15) is 0 Å². The maximum Gasteiger partial charge on any atom is 0.168 e. The average molecular weight is 276 g/mol. The molecule has 1 aromatic carbocycles. The van der Waals surface area contributed by atoms with Gasteiger partial charge in [-0.2, -0.15) is 5.10 Å². The number of para-hydroxylation sites is 2. The summed E-state index contributed by atoms with van der Waals surface area (Å²) in [5.41, 5.74) is 8.37. The molecule has 0 saturated carbocycles. The molecule has 0 aliphatic rings. The zero-order valence-corrected chi connectivity index (χ0v) is 11.7. The second kappa shape index (κ2) is 5.71. The molecule has 1 aromatic heterocycles. The van der Waals surface area contributed by atoms with Crippen molar-refractivity contribution in [1.82, 2.24) is 9.78 Å². The quantitative estimate of drug-likeness (QED) is 0.836. The normalized spacial score (nSPS) is 10.2. The molecule has 0 amide bonds. The van der Waals surface area contributed by atoms with Crippen LogP contribution in [0.2, 0.25) is 0 Å². The molecular formula is C13H16N4OS. The minimum absolute atomic E-state index is 0.216. The minimum atomic E-state index is 0.216. The fourth-order valence-electron chi connectivity index (χ4n) is 1.67. The summed E-state index contributed by atoms with van der Waals surface area (Å²) in [7, 11) is 1.90. The van der Waals surface area contributed by atoms with Gasteiger partial charge in [0.2, 0.25) is 0 Å². The van der Waals surface area contributed by atoms with E-state index < -0.39 is 0 Å². The number of aromatic nitrogens is 2. The molecule has 6 heteroatoms. The number of benzene rings is 1. The first-order valence-electron chi connectivity index (χ1n) is 5.83. The van der Waals surface area contributed by atoms with E-state index >= 15 is 0 Å². The van der Waals surface area contributed by atoms with Gasteiger partial charge in [0.05, 0.1) is 11.9 Å². The molecule has 5 nitrogen and oxygen atoms in total. The van der Waals surface area contributed by atoms with Crippen LogP contribution in [0.5, 0.6) is 5.75 Å². The Morgan fingerprint density at radius 2 is 2.21 bits per heavy atom. The number of nitrogens with zero attached hydrogens (tertiary/aromatic N) is 2. The molecule has 0 aliphatic heterocycles. The maximum absolute atomic E-state index is 5.79. The van der Waals surface area contributed by atoms with Crippen LogP contribution in [0.25, 0.3) is 0 Å². The Kier molecular flexibility index (Phi) is 4.01. The summed E-state index contributed by atoms with van der Waals surface area (Å²) in [6, 6.07) is 7.52. The Bertz CT molecular complexity index is 594. The van der Waals surface area contributed by atoms with Gasteiger partial charge in [-0.1, -0.05) is 12.1 Å². The molecule has 1 heterocycles. The lowest BCUT2D eigenvalue weighted by atomic mass is 10.2. The summed E-state index contributed by atoms with van der Waals surface area (Å²) in [5, 5.41) is 7.29. The lowest BCUT2D eigenvalue weighted by molar-refractivity contribution is 0.307. The van der Waals surface area contributed by atoms with Crippen LogP contribution in [-0.4, -0.2) is 14.9 Å². The summed E-state index contributed by atoms with van der Waals surface area (Å²) in [6.07, 6.45) is 1.80. The van der Waals surface area contributed by atoms with Gasteiger partial charge in [0.25, 0.3) is 0 Å². The highest BCUT2D eigenvalue weighted by molar-refractivity contribution is 7.80. The number of ether oxygens (including phenoxy) is 1. The first-order valence-corrected chi connectivity index (χ1v) is 6.24. The van der Waals surface area contributed by atoms with Gasteiger partial charge in [0, 0.05) is 18.3 Å². The van der Waals surface area contributed by atoms with Crippen LogP contribution in [0.1, 0.15) is 11.3 Å². The van der Waals surface area contributed by atoms with Gasteiger partial charge in [-0.05, 0) is 31.3 Å². The van der Waals surface area contributed by atoms with Crippen LogP contribution in [0.15, 0.2) is 30.5 Å². The molecule has 0 aliphatic carbocycles. The van der Waals surface area contributed by atoms with Crippen molar-refractivity contribution in [1.29, 1.82) is 0 Å². The lowest BCUT2D eigenvalue weighted by Gasteiger charge is -2.12. The van der Waals surface area contributed by atoms with Gasteiger partial charge in [0.1, 0.15) is 12.4 Å². The molecule has 0 unspecified atom stereocenters. The number of nitrogens with two attached hydrogens (primary N) is 1. The van der Waals surface area contributed by atoms with Crippen LogP contribution in [0, 0.1) is 6.92 Å². The predicted octanol–water partition coefficient (Wildman–Crippen LogP) is 1.96. The van der Waals surface area contributed by atoms with Gasteiger partial charge in [-0.25, -0.2) is 0 Å². The topological polar surface area (TPSA) is 65.1 Å². The van der Waals surface area contributed by atoms with Crippen molar-refractivity contribution in [3.05, 3.63) is 41.7 Å². The SMILES string of the molecule is Cc1c(COc2ccccc2NC(N)=S)cnn1C. The number of aryl methyl sites for hydroxylation is 1. The van der Waals surface area contributed by atoms with Crippen molar-refractivity contribution in [2.75, 3.05) is 5.32 Å². The lowest BCUT2D eigenvalue weighted by Crippen LogP contribution is -2.19. The smallest absolute Gasteiger partial charge is 0.168 e. The Labute approximate surface area is 117 Å². The first kappa shape index (κ1) is 13.4. The standard InChI is InChI=1S/C13H16N4OS/c1-9-10(7-15-17(9)2)8-18-12-6-4-3-5-11(12)16-13(14)19/h3-7H,8H2,1-2H3,(H3,14,16,19). The van der Waals surface area contributed by atoms with Gasteiger partial charge in [-0.15, -0.1) is 0 Å². The van der Waals surface area contributed by atoms with E-state index in [2.05, 4.69) is 10.4 Å². The molecule has 0 atom stereocenters. The van der Waals surface area contributed by atoms with Crippen LogP contribution in [0.4, 0.5) is 5.69 Å². The van der Waals surface area contributed by atoms with Crippen molar-refractivity contribution in [2.24, 2.45) is 12.8 Å². The van der Waals surface area contributed by atoms with Gasteiger partial charge in [0.15, 0.2) is 5.11 Å². The summed E-state index contributed by atoms with van der Waals surface area (Å²) in [6.45, 7) is 2.46. The molecule has 2 rings (SSSR count). The van der Waals surface area contributed by atoms with Crippen molar-refractivity contribution >= 4 is 23.0 Å². The molecule has 0 bridgehead atoms. The van der Waals surface area contributed by atoms with E-state index in [0.717, 1.165) is 16.9 Å². The highest BCUT2D eigenvalue weighted by atomic mass is 32.1. The van der Waals surface area contributed by atoms with E-state index in [1.54, 1.807) is 6.20 Å². The number of hydrogen-bond donors (Lipinski definition) is 2. The van der Waals surface area contributed by atoms with E-state index in [1.807, 2.05) is 42.9 Å². The summed E-state index contributed by atoms with van der Waals surface area (Å²) in [4.78, 5) is 0. The number of hydrogen-bond acceptors (Lipinski definition) is 3. The van der Waals surface area contributed by atoms with E-state index in [1.165, 1.54) is 0 Å². The van der Waals surface area contributed by atoms with Crippen LogP contribution in [-0.2, 0) is 13.7 Å². The molecular weight excluding hydrogens is 260 g/mol.